The number of benzene rings is 1. The molecule has 0 atom stereocenters. The summed E-state index contributed by atoms with van der Waals surface area (Å²) in [4.78, 5) is 33.7. The van der Waals surface area contributed by atoms with Crippen LogP contribution in [0.15, 0.2) is 42.6 Å². The number of carbonyl (C=O) groups excluding carboxylic acids is 2. The highest BCUT2D eigenvalue weighted by Crippen LogP contribution is 2.20. The maximum absolute atomic E-state index is 12.9. The number of hydrogen-bond donors (Lipinski definition) is 0. The van der Waals surface area contributed by atoms with E-state index in [4.69, 9.17) is 0 Å². The minimum atomic E-state index is -0.101. The summed E-state index contributed by atoms with van der Waals surface area (Å²) in [6, 6.07) is 11.6. The molecule has 0 spiro atoms. The monoisotopic (exact) mass is 352 g/mol. The summed E-state index contributed by atoms with van der Waals surface area (Å²) >= 11 is 0. The maximum Gasteiger partial charge on any atom is 0.276 e. The molecule has 6 nitrogen and oxygen atoms in total. The van der Waals surface area contributed by atoms with Crippen molar-refractivity contribution in [3.8, 4) is 0 Å². The minimum absolute atomic E-state index is 0.101. The van der Waals surface area contributed by atoms with Crippen LogP contribution < -0.4 is 9.80 Å². The van der Waals surface area contributed by atoms with Crippen molar-refractivity contribution in [1.82, 2.24) is 9.88 Å². The van der Waals surface area contributed by atoms with Gasteiger partial charge in [0.05, 0.1) is 11.9 Å². The van der Waals surface area contributed by atoms with Crippen LogP contribution >= 0.6 is 0 Å². The van der Waals surface area contributed by atoms with Gasteiger partial charge in [0.25, 0.3) is 5.91 Å². The Kier molecular flexibility index (Phi) is 5.51. The van der Waals surface area contributed by atoms with E-state index in [2.05, 4.69) is 9.88 Å². The molecular weight excluding hydrogens is 328 g/mol. The zero-order valence-corrected chi connectivity index (χ0v) is 15.3. The van der Waals surface area contributed by atoms with E-state index in [0.717, 1.165) is 36.4 Å². The van der Waals surface area contributed by atoms with Crippen LogP contribution in [0.3, 0.4) is 0 Å². The molecule has 1 aromatic carbocycles. The van der Waals surface area contributed by atoms with Gasteiger partial charge in [-0.05, 0) is 43.7 Å². The molecule has 2 heterocycles. The summed E-state index contributed by atoms with van der Waals surface area (Å²) in [5.41, 5.74) is 3.41. The second-order valence-electron chi connectivity index (χ2n) is 6.42. The highest BCUT2D eigenvalue weighted by Gasteiger charge is 2.19. The van der Waals surface area contributed by atoms with E-state index in [1.165, 1.54) is 0 Å². The van der Waals surface area contributed by atoms with Gasteiger partial charge >= 0.3 is 0 Å². The molecule has 1 fully saturated rings. The van der Waals surface area contributed by atoms with E-state index in [0.29, 0.717) is 25.3 Å². The zero-order chi connectivity index (χ0) is 18.5. The van der Waals surface area contributed by atoms with Gasteiger partial charge in [-0.3, -0.25) is 9.59 Å². The number of aryl methyl sites for hydroxylation is 1. The van der Waals surface area contributed by atoms with Crippen molar-refractivity contribution < 1.29 is 9.59 Å². The molecule has 1 aliphatic heterocycles. The van der Waals surface area contributed by atoms with Gasteiger partial charge in [0.1, 0.15) is 5.69 Å². The van der Waals surface area contributed by atoms with Gasteiger partial charge in [-0.15, -0.1) is 0 Å². The van der Waals surface area contributed by atoms with E-state index in [1.54, 1.807) is 22.1 Å². The first-order valence-corrected chi connectivity index (χ1v) is 8.91. The number of anilines is 2. The summed E-state index contributed by atoms with van der Waals surface area (Å²) in [5, 5.41) is 0. The average molecular weight is 352 g/mol. The van der Waals surface area contributed by atoms with Crippen LogP contribution in [0.25, 0.3) is 0 Å². The third-order valence-electron chi connectivity index (χ3n) is 4.67. The number of hydrogen-bond acceptors (Lipinski definition) is 4. The fourth-order valence-corrected chi connectivity index (χ4v) is 3.16. The van der Waals surface area contributed by atoms with Crippen molar-refractivity contribution in [2.24, 2.45) is 0 Å². The van der Waals surface area contributed by atoms with Crippen LogP contribution in [0, 0.1) is 6.92 Å². The Morgan fingerprint density at radius 1 is 1.19 bits per heavy atom. The second-order valence-corrected chi connectivity index (χ2v) is 6.42. The van der Waals surface area contributed by atoms with Crippen LogP contribution in [0.5, 0.6) is 0 Å². The van der Waals surface area contributed by atoms with Gasteiger partial charge in [-0.2, -0.15) is 0 Å². The van der Waals surface area contributed by atoms with E-state index >= 15 is 0 Å². The van der Waals surface area contributed by atoms with Gasteiger partial charge in [-0.25, -0.2) is 4.98 Å². The number of aromatic nitrogens is 1. The summed E-state index contributed by atoms with van der Waals surface area (Å²) < 4.78 is 0. The topological polar surface area (TPSA) is 56.8 Å². The molecule has 0 aliphatic carbocycles. The first kappa shape index (κ1) is 17.9. The van der Waals surface area contributed by atoms with E-state index in [1.807, 2.05) is 44.2 Å². The predicted molar refractivity (Wildman–Crippen MR) is 103 cm³/mol. The lowest BCUT2D eigenvalue weighted by molar-refractivity contribution is -0.118. The fourth-order valence-electron chi connectivity index (χ4n) is 3.16. The number of amides is 2. The number of piperazine rings is 1. The molecule has 0 bridgehead atoms. The molecule has 0 radical (unpaired) electrons. The van der Waals surface area contributed by atoms with Gasteiger partial charge in [0.2, 0.25) is 6.41 Å². The lowest BCUT2D eigenvalue weighted by atomic mass is 10.2. The van der Waals surface area contributed by atoms with Crippen molar-refractivity contribution >= 4 is 23.7 Å². The summed E-state index contributed by atoms with van der Waals surface area (Å²) in [6.07, 6.45) is 2.63. The lowest BCUT2D eigenvalue weighted by Gasteiger charge is -2.33. The van der Waals surface area contributed by atoms with Crippen molar-refractivity contribution in [1.29, 1.82) is 0 Å². The molecule has 26 heavy (non-hydrogen) atoms. The van der Waals surface area contributed by atoms with Crippen LogP contribution in [-0.4, -0.2) is 54.9 Å². The largest absolute Gasteiger partial charge is 0.367 e. The van der Waals surface area contributed by atoms with Crippen LogP contribution in [0.4, 0.5) is 11.4 Å². The van der Waals surface area contributed by atoms with Gasteiger partial charge in [-0.1, -0.05) is 12.1 Å². The molecule has 6 heteroatoms. The maximum atomic E-state index is 12.9. The average Bonchev–Trinajstić information content (AvgIpc) is 2.69. The van der Waals surface area contributed by atoms with E-state index in [-0.39, 0.29) is 5.91 Å². The third-order valence-corrected chi connectivity index (χ3v) is 4.67. The SMILES string of the molecule is CCN(C(=O)c1ccc(N2CCN(C=O)CC2)cn1)c1cccc(C)c1. The Morgan fingerprint density at radius 2 is 1.96 bits per heavy atom. The fraction of sp³-hybridized carbons (Fsp3) is 0.350. The zero-order valence-electron chi connectivity index (χ0n) is 15.3. The van der Waals surface area contributed by atoms with Crippen molar-refractivity contribution in [2.45, 2.75) is 13.8 Å². The molecule has 1 aromatic heterocycles. The normalized spacial score (nSPS) is 14.2. The Hall–Kier alpha value is -2.89. The number of pyridine rings is 1. The Bertz CT molecular complexity index is 768. The number of carbonyl (C=O) groups is 2. The summed E-state index contributed by atoms with van der Waals surface area (Å²) in [6.45, 7) is 7.53. The molecule has 3 rings (SSSR count). The summed E-state index contributed by atoms with van der Waals surface area (Å²) in [5.74, 6) is -0.101. The molecule has 2 amide bonds. The predicted octanol–water partition coefficient (Wildman–Crippen LogP) is 2.34. The highest BCUT2D eigenvalue weighted by molar-refractivity contribution is 6.04. The minimum Gasteiger partial charge on any atom is -0.367 e. The Labute approximate surface area is 154 Å². The smallest absolute Gasteiger partial charge is 0.276 e. The van der Waals surface area contributed by atoms with Crippen molar-refractivity contribution in [2.75, 3.05) is 42.5 Å². The van der Waals surface area contributed by atoms with Gasteiger partial charge in [0, 0.05) is 38.4 Å². The number of rotatable bonds is 5. The Morgan fingerprint density at radius 3 is 2.54 bits per heavy atom. The summed E-state index contributed by atoms with van der Waals surface area (Å²) in [7, 11) is 0. The van der Waals surface area contributed by atoms with Crippen LogP contribution in [0.2, 0.25) is 0 Å². The highest BCUT2D eigenvalue weighted by atomic mass is 16.2. The molecule has 136 valence electrons. The molecule has 0 saturated carbocycles. The third kappa shape index (κ3) is 3.85. The van der Waals surface area contributed by atoms with Crippen LogP contribution in [0.1, 0.15) is 23.0 Å². The lowest BCUT2D eigenvalue weighted by Crippen LogP contribution is -2.45. The Balaban J connectivity index is 1.73. The standard InChI is InChI=1S/C20H24N4O2/c1-3-24(17-6-4-5-16(2)13-17)20(26)19-8-7-18(14-21-19)23-11-9-22(15-25)10-12-23/h4-8,13-15H,3,9-12H2,1-2H3. The van der Waals surface area contributed by atoms with E-state index in [9.17, 15) is 9.59 Å². The molecule has 1 aliphatic rings. The molecule has 1 saturated heterocycles. The first-order valence-electron chi connectivity index (χ1n) is 8.91. The second kappa shape index (κ2) is 7.99. The van der Waals surface area contributed by atoms with Gasteiger partial charge in [0.15, 0.2) is 0 Å². The van der Waals surface area contributed by atoms with E-state index < -0.39 is 0 Å². The quantitative estimate of drug-likeness (QED) is 0.775. The van der Waals surface area contributed by atoms with Gasteiger partial charge < -0.3 is 14.7 Å². The van der Waals surface area contributed by atoms with Crippen molar-refractivity contribution in [3.63, 3.8) is 0 Å². The molecular formula is C20H24N4O2. The first-order chi connectivity index (χ1) is 12.6. The van der Waals surface area contributed by atoms with Crippen LogP contribution in [-0.2, 0) is 4.79 Å². The molecule has 0 N–H and O–H groups in total. The molecule has 2 aromatic rings. The van der Waals surface area contributed by atoms with Crippen molar-refractivity contribution in [3.05, 3.63) is 53.9 Å². The molecule has 0 unspecified atom stereocenters. The number of nitrogens with zero attached hydrogens (tertiary/aromatic N) is 4.